The summed E-state index contributed by atoms with van der Waals surface area (Å²) in [5, 5.41) is 3.21. The molecule has 1 saturated carbocycles. The molecule has 4 aromatic rings. The van der Waals surface area contributed by atoms with Gasteiger partial charge in [-0.3, -0.25) is 14.6 Å². The van der Waals surface area contributed by atoms with Gasteiger partial charge in [-0.05, 0) is 79.1 Å². The second-order valence-electron chi connectivity index (χ2n) is 11.0. The summed E-state index contributed by atoms with van der Waals surface area (Å²) in [6, 6.07) is 14.6. The second-order valence-corrected chi connectivity index (χ2v) is 11.5. The van der Waals surface area contributed by atoms with Crippen molar-refractivity contribution < 1.29 is 32.6 Å². The first-order valence-corrected chi connectivity index (χ1v) is 15.4. The van der Waals surface area contributed by atoms with Crippen LogP contribution in [-0.2, 0) is 9.59 Å². The van der Waals surface area contributed by atoms with Gasteiger partial charge in [0.05, 0.1) is 19.2 Å². The van der Waals surface area contributed by atoms with Gasteiger partial charge >= 0.3 is 0 Å². The molecule has 1 fully saturated rings. The van der Waals surface area contributed by atoms with Crippen molar-refractivity contribution in [3.8, 4) is 23.0 Å². The second kappa shape index (κ2) is 14.2. The predicted octanol–water partition coefficient (Wildman–Crippen LogP) is 7.17. The van der Waals surface area contributed by atoms with Crippen molar-refractivity contribution in [2.24, 2.45) is 11.1 Å². The molecule has 2 unspecified atom stereocenters. The molecule has 3 aromatic carbocycles. The summed E-state index contributed by atoms with van der Waals surface area (Å²) in [4.78, 5) is 29.9. The van der Waals surface area contributed by atoms with Gasteiger partial charge < -0.3 is 25.3 Å². The molecule has 0 aliphatic heterocycles. The Morgan fingerprint density at radius 2 is 1.71 bits per heavy atom. The summed E-state index contributed by atoms with van der Waals surface area (Å²) >= 11 is 4.24. The zero-order valence-corrected chi connectivity index (χ0v) is 25.7. The number of hydrogen-bond acceptors (Lipinski definition) is 7. The van der Waals surface area contributed by atoms with E-state index in [1.54, 1.807) is 37.6 Å². The van der Waals surface area contributed by atoms with E-state index < -0.39 is 34.8 Å². The number of amides is 2. The summed E-state index contributed by atoms with van der Waals surface area (Å²) in [7, 11) is 1.55. The predicted molar refractivity (Wildman–Crippen MR) is 171 cm³/mol. The molecule has 0 radical (unpaired) electrons. The normalized spacial score (nSPS) is 17.1. The molecule has 1 aliphatic carbocycles. The summed E-state index contributed by atoms with van der Waals surface area (Å²) < 4.78 is 46.2. The van der Waals surface area contributed by atoms with E-state index in [0.717, 1.165) is 37.9 Å². The third-order valence-corrected chi connectivity index (χ3v) is 8.35. The van der Waals surface area contributed by atoms with Crippen LogP contribution in [-0.4, -0.2) is 36.3 Å². The van der Waals surface area contributed by atoms with Gasteiger partial charge in [-0.2, -0.15) is 12.6 Å². The number of aromatic nitrogens is 1. The topological polar surface area (TPSA) is 113 Å². The average Bonchev–Trinajstić information content (AvgIpc) is 3.80. The maximum atomic E-state index is 15.4. The highest BCUT2D eigenvalue weighted by atomic mass is 32.1. The van der Waals surface area contributed by atoms with Crippen molar-refractivity contribution in [1.29, 1.82) is 0 Å². The lowest BCUT2D eigenvalue weighted by Gasteiger charge is -2.16. The van der Waals surface area contributed by atoms with Crippen molar-refractivity contribution in [3.05, 3.63) is 84.1 Å². The third kappa shape index (κ3) is 7.14. The van der Waals surface area contributed by atoms with Crippen molar-refractivity contribution in [2.45, 2.75) is 44.4 Å². The van der Waals surface area contributed by atoms with E-state index in [2.05, 4.69) is 22.9 Å². The maximum absolute atomic E-state index is 15.4. The van der Waals surface area contributed by atoms with E-state index in [0.29, 0.717) is 46.0 Å². The Labute approximate surface area is 265 Å². The van der Waals surface area contributed by atoms with Gasteiger partial charge in [-0.1, -0.05) is 25.3 Å². The number of anilines is 1. The number of fused-ring (bicyclic) bond motifs is 1. The highest BCUT2D eigenvalue weighted by Crippen LogP contribution is 2.60. The van der Waals surface area contributed by atoms with Crippen molar-refractivity contribution in [1.82, 2.24) is 4.98 Å². The summed E-state index contributed by atoms with van der Waals surface area (Å²) in [6.45, 7) is 0.544. The Hall–Kier alpha value is -4.38. The third-order valence-electron chi connectivity index (χ3n) is 8.03. The molecule has 5 rings (SSSR count). The maximum Gasteiger partial charge on any atom is 0.240 e. The van der Waals surface area contributed by atoms with Crippen LogP contribution in [0.15, 0.2) is 66.9 Å². The molecule has 11 heteroatoms. The lowest BCUT2D eigenvalue weighted by atomic mass is 9.96. The molecule has 0 bridgehead atoms. The first-order valence-electron chi connectivity index (χ1n) is 14.8. The summed E-state index contributed by atoms with van der Waals surface area (Å²) in [5.41, 5.74) is 5.43. The molecule has 2 amide bonds. The number of nitrogens with two attached hydrogens (primary N) is 1. The minimum atomic E-state index is -1.55. The van der Waals surface area contributed by atoms with Gasteiger partial charge in [-0.15, -0.1) is 0 Å². The van der Waals surface area contributed by atoms with E-state index >= 15 is 4.39 Å². The van der Waals surface area contributed by atoms with Crippen LogP contribution in [0, 0.1) is 17.0 Å². The number of rotatable bonds is 15. The Kier molecular flexibility index (Phi) is 10.1. The fraction of sp³-hybridized carbons (Fsp3) is 0.324. The van der Waals surface area contributed by atoms with E-state index in [1.807, 2.05) is 0 Å². The molecule has 236 valence electrons. The number of methoxy groups -OCH3 is 1. The number of unbranched alkanes of at least 4 members (excludes halogenated alkanes) is 4. The molecular weight excluding hydrogens is 600 g/mol. The Morgan fingerprint density at radius 1 is 0.956 bits per heavy atom. The zero-order chi connectivity index (χ0) is 32.0. The standard InChI is InChI=1S/C34H35F2N3O5S/c1-42-30-18-24-27(19-31(30)43-15-5-3-2-4-6-16-45)38-14-13-28(24)44-29-12-7-21(17-26(29)36)25-20-34(25,32(37)40)33(41)39-23-10-8-22(35)9-11-23/h7-14,17-19,25,45H,2-6,15-16,20H2,1H3,(H2,37,40)(H,39,41). The Bertz CT molecular complexity index is 1690. The fourth-order valence-corrected chi connectivity index (χ4v) is 5.65. The number of carbonyl (C=O) groups excluding carboxylic acids is 2. The number of thiol groups is 1. The number of nitrogens with one attached hydrogen (secondary N) is 1. The monoisotopic (exact) mass is 635 g/mol. The highest BCUT2D eigenvalue weighted by Gasteiger charge is 2.65. The molecule has 0 spiro atoms. The first-order chi connectivity index (χ1) is 21.8. The minimum absolute atomic E-state index is 0.0513. The number of ether oxygens (including phenoxy) is 3. The number of primary amides is 1. The lowest BCUT2D eigenvalue weighted by molar-refractivity contribution is -0.132. The number of hydrogen-bond donors (Lipinski definition) is 3. The van der Waals surface area contributed by atoms with E-state index in [9.17, 15) is 14.0 Å². The van der Waals surface area contributed by atoms with E-state index in [4.69, 9.17) is 19.9 Å². The molecule has 8 nitrogen and oxygen atoms in total. The Morgan fingerprint density at radius 3 is 2.42 bits per heavy atom. The van der Waals surface area contributed by atoms with Gasteiger partial charge in [0.15, 0.2) is 23.1 Å². The van der Waals surface area contributed by atoms with Crippen molar-refractivity contribution in [2.75, 3.05) is 24.8 Å². The molecule has 45 heavy (non-hydrogen) atoms. The minimum Gasteiger partial charge on any atom is -0.493 e. The van der Waals surface area contributed by atoms with Crippen LogP contribution in [0.1, 0.15) is 50.0 Å². The fourth-order valence-electron chi connectivity index (χ4n) is 5.43. The summed E-state index contributed by atoms with van der Waals surface area (Å²) in [5.74, 6) is -0.945. The van der Waals surface area contributed by atoms with Gasteiger partial charge in [0.25, 0.3) is 0 Å². The van der Waals surface area contributed by atoms with Crippen LogP contribution < -0.4 is 25.3 Å². The molecule has 3 N–H and O–H groups in total. The van der Waals surface area contributed by atoms with E-state index in [-0.39, 0.29) is 12.2 Å². The highest BCUT2D eigenvalue weighted by molar-refractivity contribution is 7.80. The Balaban J connectivity index is 1.29. The van der Waals surface area contributed by atoms with Crippen LogP contribution in [0.4, 0.5) is 14.5 Å². The van der Waals surface area contributed by atoms with Gasteiger partial charge in [0, 0.05) is 29.3 Å². The number of nitrogens with zero attached hydrogens (tertiary/aromatic N) is 1. The number of carbonyl (C=O) groups is 2. The van der Waals surface area contributed by atoms with Crippen molar-refractivity contribution >= 4 is 41.0 Å². The largest absolute Gasteiger partial charge is 0.493 e. The smallest absolute Gasteiger partial charge is 0.240 e. The number of halogens is 2. The van der Waals surface area contributed by atoms with Crippen LogP contribution in [0.2, 0.25) is 0 Å². The first kappa shape index (κ1) is 32.0. The van der Waals surface area contributed by atoms with Crippen molar-refractivity contribution in [3.63, 3.8) is 0 Å². The molecule has 1 heterocycles. The molecule has 1 aromatic heterocycles. The zero-order valence-electron chi connectivity index (χ0n) is 24.9. The van der Waals surface area contributed by atoms with Crippen LogP contribution in [0.3, 0.4) is 0 Å². The number of pyridine rings is 1. The average molecular weight is 636 g/mol. The molecule has 2 atom stereocenters. The SMILES string of the molecule is COc1cc2c(Oc3ccc(C4CC4(C(N)=O)C(=O)Nc4ccc(F)cc4)cc3F)ccnc2cc1OCCCCCCCS. The van der Waals surface area contributed by atoms with Crippen LogP contribution >= 0.6 is 12.6 Å². The van der Waals surface area contributed by atoms with E-state index in [1.165, 1.54) is 36.4 Å². The van der Waals surface area contributed by atoms with Crippen LogP contribution in [0.5, 0.6) is 23.0 Å². The van der Waals surface area contributed by atoms with Crippen LogP contribution in [0.25, 0.3) is 10.9 Å². The molecule has 1 aliphatic rings. The van der Waals surface area contributed by atoms with Gasteiger partial charge in [-0.25, -0.2) is 8.78 Å². The van der Waals surface area contributed by atoms with Gasteiger partial charge in [0.1, 0.15) is 17.0 Å². The summed E-state index contributed by atoms with van der Waals surface area (Å²) in [6.07, 6.45) is 7.07. The number of benzene rings is 3. The molecular formula is C34H35F2N3O5S. The lowest BCUT2D eigenvalue weighted by Crippen LogP contribution is -2.37. The quantitative estimate of drug-likeness (QED) is 0.0726. The molecule has 0 saturated heterocycles. The van der Waals surface area contributed by atoms with Gasteiger partial charge in [0.2, 0.25) is 11.8 Å².